The molecular formula is C24H22ClN5O3. The smallest absolute Gasteiger partial charge is 0.298 e. The van der Waals surface area contributed by atoms with Gasteiger partial charge in [-0.25, -0.2) is 4.98 Å². The Hall–Kier alpha value is -3.88. The molecule has 8 nitrogen and oxygen atoms in total. The van der Waals surface area contributed by atoms with Crippen molar-refractivity contribution in [2.75, 3.05) is 33.0 Å². The lowest BCUT2D eigenvalue weighted by Gasteiger charge is -2.14. The Bertz CT molecular complexity index is 1340. The van der Waals surface area contributed by atoms with E-state index < -0.39 is 0 Å². The molecule has 1 aliphatic heterocycles. The number of fused-ring (bicyclic) bond motifs is 1. The summed E-state index contributed by atoms with van der Waals surface area (Å²) in [6.07, 6.45) is 2.22. The molecule has 0 saturated carbocycles. The van der Waals surface area contributed by atoms with Crippen molar-refractivity contribution in [2.45, 2.75) is 19.4 Å². The van der Waals surface area contributed by atoms with Gasteiger partial charge in [-0.1, -0.05) is 23.4 Å². The minimum Gasteiger partial charge on any atom is -0.497 e. The van der Waals surface area contributed by atoms with Crippen LogP contribution in [0.1, 0.15) is 30.6 Å². The van der Waals surface area contributed by atoms with E-state index >= 15 is 0 Å². The zero-order valence-corrected chi connectivity index (χ0v) is 19.2. The number of carbonyl (C=O) groups excluding carboxylic acids is 1. The number of halogens is 1. The summed E-state index contributed by atoms with van der Waals surface area (Å²) in [7, 11) is 3.16. The summed E-state index contributed by atoms with van der Waals surface area (Å²) in [5.41, 5.74) is 8.00. The van der Waals surface area contributed by atoms with Crippen LogP contribution >= 0.6 is 11.6 Å². The maximum Gasteiger partial charge on any atom is 0.298 e. The number of amides is 1. The summed E-state index contributed by atoms with van der Waals surface area (Å²) in [5, 5.41) is 5.74. The van der Waals surface area contributed by atoms with Crippen LogP contribution in [0.15, 0.2) is 24.4 Å². The molecule has 1 saturated heterocycles. The van der Waals surface area contributed by atoms with Gasteiger partial charge >= 0.3 is 0 Å². The Labute approximate surface area is 196 Å². The molecule has 33 heavy (non-hydrogen) atoms. The third kappa shape index (κ3) is 4.39. The second-order valence-electron chi connectivity index (χ2n) is 7.43. The lowest BCUT2D eigenvalue weighted by molar-refractivity contribution is -0.124. The Balaban J connectivity index is 1.78. The Morgan fingerprint density at radius 1 is 1.21 bits per heavy atom. The molecule has 3 heterocycles. The van der Waals surface area contributed by atoms with Gasteiger partial charge in [-0.15, -0.1) is 0 Å². The number of nitrogen functional groups attached to an aromatic ring is 1. The van der Waals surface area contributed by atoms with Gasteiger partial charge in [-0.3, -0.25) is 9.48 Å². The van der Waals surface area contributed by atoms with Crippen LogP contribution in [-0.4, -0.2) is 52.9 Å². The van der Waals surface area contributed by atoms with E-state index in [-0.39, 0.29) is 17.8 Å². The van der Waals surface area contributed by atoms with Crippen molar-refractivity contribution >= 4 is 34.2 Å². The number of hydrogen-bond acceptors (Lipinski definition) is 6. The minimum atomic E-state index is -0.198. The molecule has 0 aliphatic carbocycles. The van der Waals surface area contributed by atoms with Crippen molar-refractivity contribution in [3.8, 4) is 35.2 Å². The third-order valence-electron chi connectivity index (χ3n) is 5.41. The lowest BCUT2D eigenvalue weighted by Crippen LogP contribution is -2.27. The summed E-state index contributed by atoms with van der Waals surface area (Å²) < 4.78 is 12.4. The predicted molar refractivity (Wildman–Crippen MR) is 126 cm³/mol. The minimum absolute atomic E-state index is 0.0816. The number of nitrogens with zero attached hydrogens (tertiary/aromatic N) is 4. The highest BCUT2D eigenvalue weighted by Gasteiger charge is 2.30. The number of likely N-dealkylation sites (tertiary alicyclic amines) is 1. The third-order valence-corrected chi connectivity index (χ3v) is 5.69. The molecule has 1 aliphatic rings. The van der Waals surface area contributed by atoms with Gasteiger partial charge in [0.05, 0.1) is 42.4 Å². The van der Waals surface area contributed by atoms with Crippen LogP contribution in [0.2, 0.25) is 5.02 Å². The monoisotopic (exact) mass is 463 g/mol. The van der Waals surface area contributed by atoms with E-state index in [0.29, 0.717) is 58.2 Å². The molecule has 0 spiro atoms. The Morgan fingerprint density at radius 2 is 1.94 bits per heavy atom. The fourth-order valence-electron chi connectivity index (χ4n) is 3.83. The number of rotatable bonds is 3. The molecule has 1 atom stereocenters. The van der Waals surface area contributed by atoms with Gasteiger partial charge in [0, 0.05) is 24.7 Å². The normalized spacial score (nSPS) is 14.9. The zero-order chi connectivity index (χ0) is 23.5. The zero-order valence-electron chi connectivity index (χ0n) is 18.5. The van der Waals surface area contributed by atoms with Gasteiger partial charge in [0.1, 0.15) is 23.0 Å². The first-order valence-corrected chi connectivity index (χ1v) is 10.6. The van der Waals surface area contributed by atoms with Crippen LogP contribution in [0.3, 0.4) is 0 Å². The number of pyridine rings is 1. The number of ether oxygens (including phenoxy) is 2. The van der Waals surface area contributed by atoms with Crippen molar-refractivity contribution in [3.05, 3.63) is 40.7 Å². The first-order chi connectivity index (χ1) is 15.9. The molecule has 0 unspecified atom stereocenters. The number of anilines is 1. The van der Waals surface area contributed by atoms with Crippen molar-refractivity contribution in [1.29, 1.82) is 0 Å². The van der Waals surface area contributed by atoms with Crippen molar-refractivity contribution in [2.24, 2.45) is 0 Å². The number of hydrogen-bond donors (Lipinski definition) is 1. The highest BCUT2D eigenvalue weighted by atomic mass is 35.5. The van der Waals surface area contributed by atoms with Gasteiger partial charge in [-0.05, 0) is 37.3 Å². The summed E-state index contributed by atoms with van der Waals surface area (Å²) >= 11 is 6.51. The van der Waals surface area contributed by atoms with Crippen molar-refractivity contribution in [3.63, 3.8) is 0 Å². The Morgan fingerprint density at radius 3 is 2.61 bits per heavy atom. The molecule has 0 radical (unpaired) electrons. The summed E-state index contributed by atoms with van der Waals surface area (Å²) in [6.45, 7) is 2.70. The summed E-state index contributed by atoms with van der Waals surface area (Å²) in [5.74, 6) is 12.8. The van der Waals surface area contributed by atoms with Gasteiger partial charge in [0.2, 0.25) is 0 Å². The highest BCUT2D eigenvalue weighted by molar-refractivity contribution is 6.35. The standard InChI is InChI=1S/C24H22ClN5O3/c1-4-5-21(31)29-9-8-16(14-29)30-23-19(25)13-27-24(26)22(23)20(28-30)7-6-15-10-17(32-2)12-18(11-15)33-3/h10-13,16H,8-9,14H2,1-3H3,(H2,26,27)/t16-/m0/s1. The van der Waals surface area contributed by atoms with Crippen LogP contribution in [0.25, 0.3) is 10.9 Å². The second-order valence-corrected chi connectivity index (χ2v) is 7.84. The maximum absolute atomic E-state index is 12.2. The quantitative estimate of drug-likeness (QED) is 0.600. The van der Waals surface area contributed by atoms with Crippen LogP contribution in [-0.2, 0) is 4.79 Å². The molecule has 1 fully saturated rings. The second kappa shape index (κ2) is 9.32. The average Bonchev–Trinajstić information content (AvgIpc) is 3.46. The molecule has 1 amide bonds. The largest absolute Gasteiger partial charge is 0.497 e. The number of aromatic nitrogens is 3. The Kier molecular flexibility index (Phi) is 6.30. The van der Waals surface area contributed by atoms with E-state index in [1.54, 1.807) is 48.9 Å². The highest BCUT2D eigenvalue weighted by Crippen LogP contribution is 2.34. The van der Waals surface area contributed by atoms with Crippen LogP contribution in [0, 0.1) is 23.7 Å². The molecule has 1 aromatic carbocycles. The van der Waals surface area contributed by atoms with Gasteiger partial charge in [-0.2, -0.15) is 5.10 Å². The number of nitrogens with two attached hydrogens (primary N) is 1. The summed E-state index contributed by atoms with van der Waals surface area (Å²) in [6, 6.07) is 5.30. The van der Waals surface area contributed by atoms with Crippen molar-refractivity contribution < 1.29 is 14.3 Å². The summed E-state index contributed by atoms with van der Waals surface area (Å²) in [4.78, 5) is 18.1. The fraction of sp³-hybridized carbons (Fsp3) is 0.292. The van der Waals surface area contributed by atoms with E-state index in [2.05, 4.69) is 28.7 Å². The molecule has 0 bridgehead atoms. The molecule has 9 heteroatoms. The van der Waals surface area contributed by atoms with Gasteiger partial charge in [0.25, 0.3) is 5.91 Å². The van der Waals surface area contributed by atoms with Crippen LogP contribution < -0.4 is 15.2 Å². The number of methoxy groups -OCH3 is 2. The molecule has 2 aromatic heterocycles. The SMILES string of the molecule is CC#CC(=O)N1CC[C@H](n2nc(C#Cc3cc(OC)cc(OC)c3)c3c(N)ncc(Cl)c32)C1. The molecular weight excluding hydrogens is 442 g/mol. The molecule has 168 valence electrons. The first-order valence-electron chi connectivity index (χ1n) is 10.2. The van der Waals surface area contributed by atoms with Crippen molar-refractivity contribution in [1.82, 2.24) is 19.7 Å². The maximum atomic E-state index is 12.2. The average molecular weight is 464 g/mol. The van der Waals surface area contributed by atoms with E-state index in [0.717, 1.165) is 0 Å². The topological polar surface area (TPSA) is 95.5 Å². The van der Waals surface area contributed by atoms with E-state index in [1.807, 2.05) is 0 Å². The lowest BCUT2D eigenvalue weighted by atomic mass is 10.1. The van der Waals surface area contributed by atoms with Crippen LogP contribution in [0.5, 0.6) is 11.5 Å². The first kappa shape index (κ1) is 22.3. The van der Waals surface area contributed by atoms with E-state index in [9.17, 15) is 4.79 Å². The number of benzene rings is 1. The van der Waals surface area contributed by atoms with E-state index in [1.165, 1.54) is 6.20 Å². The predicted octanol–water partition coefficient (Wildman–Crippen LogP) is 2.88. The van der Waals surface area contributed by atoms with Crippen LogP contribution in [0.4, 0.5) is 5.82 Å². The van der Waals surface area contributed by atoms with Gasteiger partial charge < -0.3 is 20.1 Å². The molecule has 4 rings (SSSR count). The van der Waals surface area contributed by atoms with E-state index in [4.69, 9.17) is 31.9 Å². The van der Waals surface area contributed by atoms with Gasteiger partial charge in [0.15, 0.2) is 0 Å². The molecule has 2 N–H and O–H groups in total. The number of carbonyl (C=O) groups is 1. The fourth-order valence-corrected chi connectivity index (χ4v) is 4.06. The molecule has 3 aromatic rings.